The molecule has 0 aromatic carbocycles. The standard InChI is InChI=1S/C80H137NO18/c1-3-5-7-9-11-13-15-17-19-21-23-25-27-28-29-30-31-32-33-34-36-37-39-41-43-45-47-49-51-53-55-57-64(85)63(81-68(86)58-56-54-52-50-48-46-44-42-40-38-35-26-24-22-20-18-16-14-12-10-8-6-4-2)62-94-78-74(92)71(89)76(66(60-83)96-78)99-80-75(93)72(90)77(67(61-84)97-80)98-79-73(91)70(88)69(87)65(59-82)95-79/h6,8,12,14,18,20,24,26,38-41,44,46-47,49,55,57,63-67,69-80,82-85,87-93H,3-5,7,9-11,13,15-17,19,21-23,25,27-37,42-43,45,48,50-54,56,58-62H2,1-2H3,(H,81,86)/b8-6-,14-12-,20-18-,26-24-,40-38-,41-39+,46-44-,49-47+,57-55+. The van der Waals surface area contributed by atoms with Crippen LogP contribution in [0.15, 0.2) is 109 Å². The maximum absolute atomic E-state index is 13.4. The van der Waals surface area contributed by atoms with Crippen LogP contribution < -0.4 is 5.32 Å². The number of allylic oxidation sites excluding steroid dienone is 17. The van der Waals surface area contributed by atoms with E-state index in [0.717, 1.165) is 89.9 Å². The minimum absolute atomic E-state index is 0.195. The van der Waals surface area contributed by atoms with Gasteiger partial charge in [-0.3, -0.25) is 4.79 Å². The van der Waals surface area contributed by atoms with Crippen LogP contribution in [0.25, 0.3) is 0 Å². The summed E-state index contributed by atoms with van der Waals surface area (Å²) >= 11 is 0. The molecule has 0 aliphatic carbocycles. The van der Waals surface area contributed by atoms with Crippen molar-refractivity contribution >= 4 is 5.91 Å². The number of hydrogen-bond donors (Lipinski definition) is 12. The van der Waals surface area contributed by atoms with Gasteiger partial charge in [-0.25, -0.2) is 0 Å². The molecule has 19 heteroatoms. The van der Waals surface area contributed by atoms with Gasteiger partial charge in [0.15, 0.2) is 18.9 Å². The van der Waals surface area contributed by atoms with Crippen molar-refractivity contribution in [3.8, 4) is 0 Å². The summed E-state index contributed by atoms with van der Waals surface area (Å²) in [7, 11) is 0. The van der Waals surface area contributed by atoms with E-state index in [1.807, 2.05) is 6.08 Å². The molecule has 0 bridgehead atoms. The number of carbonyl (C=O) groups is 1. The Hall–Kier alpha value is -3.55. The molecular formula is C80H137NO18. The molecule has 0 aromatic rings. The zero-order valence-corrected chi connectivity index (χ0v) is 60.7. The third kappa shape index (κ3) is 40.3. The molecular weight excluding hydrogens is 1260 g/mol. The number of amides is 1. The fourth-order valence-corrected chi connectivity index (χ4v) is 12.3. The lowest BCUT2D eigenvalue weighted by atomic mass is 9.96. The highest BCUT2D eigenvalue weighted by Crippen LogP contribution is 2.33. The van der Waals surface area contributed by atoms with Gasteiger partial charge in [0.25, 0.3) is 0 Å². The van der Waals surface area contributed by atoms with E-state index in [2.05, 4.69) is 116 Å². The Morgan fingerprint density at radius 1 is 0.374 bits per heavy atom. The van der Waals surface area contributed by atoms with E-state index in [0.29, 0.717) is 12.8 Å². The topological polar surface area (TPSA) is 307 Å². The Kier molecular flexibility index (Phi) is 54.2. The summed E-state index contributed by atoms with van der Waals surface area (Å²) < 4.78 is 34.4. The average Bonchev–Trinajstić information content (AvgIpc) is 0.782. The van der Waals surface area contributed by atoms with Gasteiger partial charge in [0.2, 0.25) is 5.91 Å². The predicted octanol–water partition coefficient (Wildman–Crippen LogP) is 12.2. The molecule has 570 valence electrons. The van der Waals surface area contributed by atoms with Gasteiger partial charge in [-0.2, -0.15) is 0 Å². The number of carbonyl (C=O) groups excluding carboxylic acids is 1. The van der Waals surface area contributed by atoms with Crippen LogP contribution in [0.4, 0.5) is 0 Å². The van der Waals surface area contributed by atoms with Crippen LogP contribution in [0, 0.1) is 0 Å². The number of ether oxygens (including phenoxy) is 6. The van der Waals surface area contributed by atoms with Crippen molar-refractivity contribution in [3.05, 3.63) is 109 Å². The summed E-state index contributed by atoms with van der Waals surface area (Å²) in [6.45, 7) is 1.58. The molecule has 3 rings (SSSR count). The molecule has 12 N–H and O–H groups in total. The summed E-state index contributed by atoms with van der Waals surface area (Å²) in [5.74, 6) is -0.317. The van der Waals surface area contributed by atoms with Gasteiger partial charge in [-0.05, 0) is 96.3 Å². The fraction of sp³-hybridized carbons (Fsp3) is 0.762. The molecule has 3 saturated heterocycles. The third-order valence-corrected chi connectivity index (χ3v) is 18.5. The second-order valence-electron chi connectivity index (χ2n) is 27.1. The van der Waals surface area contributed by atoms with E-state index in [9.17, 15) is 61.0 Å². The highest BCUT2D eigenvalue weighted by atomic mass is 16.8. The summed E-state index contributed by atoms with van der Waals surface area (Å²) in [4.78, 5) is 13.4. The predicted molar refractivity (Wildman–Crippen MR) is 392 cm³/mol. The van der Waals surface area contributed by atoms with Crippen LogP contribution in [0.3, 0.4) is 0 Å². The molecule has 0 radical (unpaired) electrons. The second-order valence-corrected chi connectivity index (χ2v) is 27.1. The molecule has 19 nitrogen and oxygen atoms in total. The number of nitrogens with one attached hydrogen (secondary N) is 1. The molecule has 3 aliphatic rings. The van der Waals surface area contributed by atoms with E-state index in [4.69, 9.17) is 28.4 Å². The molecule has 1 amide bonds. The van der Waals surface area contributed by atoms with Gasteiger partial charge in [0.1, 0.15) is 73.2 Å². The summed E-state index contributed by atoms with van der Waals surface area (Å²) in [6, 6.07) is -1.02. The minimum Gasteiger partial charge on any atom is -0.394 e. The lowest BCUT2D eigenvalue weighted by Gasteiger charge is -2.48. The van der Waals surface area contributed by atoms with E-state index in [1.54, 1.807) is 6.08 Å². The van der Waals surface area contributed by atoms with Crippen molar-refractivity contribution in [2.24, 2.45) is 0 Å². The van der Waals surface area contributed by atoms with Crippen LogP contribution in [-0.2, 0) is 33.2 Å². The lowest BCUT2D eigenvalue weighted by molar-refractivity contribution is -0.379. The van der Waals surface area contributed by atoms with E-state index >= 15 is 0 Å². The first-order valence-electron chi connectivity index (χ1n) is 38.6. The maximum atomic E-state index is 13.4. The monoisotopic (exact) mass is 1400 g/mol. The number of rotatable bonds is 59. The van der Waals surface area contributed by atoms with Crippen molar-refractivity contribution in [2.75, 3.05) is 26.4 Å². The summed E-state index contributed by atoms with van der Waals surface area (Å²) in [5, 5.41) is 121. The molecule has 3 fully saturated rings. The van der Waals surface area contributed by atoms with Gasteiger partial charge in [-0.15, -0.1) is 0 Å². The van der Waals surface area contributed by atoms with Crippen LogP contribution in [-0.4, -0.2) is 193 Å². The third-order valence-electron chi connectivity index (χ3n) is 18.5. The highest BCUT2D eigenvalue weighted by molar-refractivity contribution is 5.76. The van der Waals surface area contributed by atoms with Crippen molar-refractivity contribution in [3.63, 3.8) is 0 Å². The van der Waals surface area contributed by atoms with Crippen LogP contribution in [0.2, 0.25) is 0 Å². The Morgan fingerprint density at radius 2 is 0.707 bits per heavy atom. The molecule has 0 saturated carbocycles. The lowest BCUT2D eigenvalue weighted by Crippen LogP contribution is -2.66. The quantitative estimate of drug-likeness (QED) is 0.0199. The first-order valence-corrected chi connectivity index (χ1v) is 38.6. The van der Waals surface area contributed by atoms with Gasteiger partial charge < -0.3 is 89.9 Å². The maximum Gasteiger partial charge on any atom is 0.220 e. The average molecular weight is 1400 g/mol. The van der Waals surface area contributed by atoms with Gasteiger partial charge >= 0.3 is 0 Å². The number of hydrogen-bond acceptors (Lipinski definition) is 18. The van der Waals surface area contributed by atoms with Crippen molar-refractivity contribution in [1.82, 2.24) is 5.32 Å². The second kappa shape index (κ2) is 59.8. The molecule has 3 heterocycles. The van der Waals surface area contributed by atoms with E-state index < -0.39 is 124 Å². The normalized spacial score (nSPS) is 27.2. The van der Waals surface area contributed by atoms with Crippen LogP contribution >= 0.6 is 0 Å². The highest BCUT2D eigenvalue weighted by Gasteiger charge is 2.53. The molecule has 17 atom stereocenters. The fourth-order valence-electron chi connectivity index (χ4n) is 12.3. The Balaban J connectivity index is 1.42. The first-order chi connectivity index (χ1) is 48.3. The SMILES string of the molecule is CC/C=C\C/C=C\C/C=C\C/C=C\C/C=C\C/C=C\CCCCCCC(=O)NC(COC1OC(CO)C(OC2OC(CO)C(OC3OC(CO)C(O)C(O)C3O)C(O)C2O)C(O)C1O)C(O)/C=C/CC/C=C/CC/C=C/CCCCCCCCCCCCCCCCCCCCCCC. The molecule has 99 heavy (non-hydrogen) atoms. The largest absolute Gasteiger partial charge is 0.394 e. The van der Waals surface area contributed by atoms with E-state index in [-0.39, 0.29) is 18.9 Å². The van der Waals surface area contributed by atoms with Crippen molar-refractivity contribution in [2.45, 2.75) is 362 Å². The summed E-state index contributed by atoms with van der Waals surface area (Å²) in [6.07, 6.45) is 55.1. The van der Waals surface area contributed by atoms with Crippen LogP contribution in [0.1, 0.15) is 258 Å². The minimum atomic E-state index is -1.99. The number of unbranched alkanes of at least 4 members (excludes halogenated alkanes) is 27. The van der Waals surface area contributed by atoms with Gasteiger partial charge in [-0.1, -0.05) is 264 Å². The Labute approximate surface area is 595 Å². The molecule has 3 aliphatic heterocycles. The summed E-state index contributed by atoms with van der Waals surface area (Å²) in [5.41, 5.74) is 0. The smallest absolute Gasteiger partial charge is 0.220 e. The van der Waals surface area contributed by atoms with Crippen molar-refractivity contribution in [1.29, 1.82) is 0 Å². The van der Waals surface area contributed by atoms with Gasteiger partial charge in [0, 0.05) is 6.42 Å². The van der Waals surface area contributed by atoms with Gasteiger partial charge in [0.05, 0.1) is 38.6 Å². The Bertz CT molecular complexity index is 2220. The van der Waals surface area contributed by atoms with E-state index in [1.165, 1.54) is 135 Å². The first kappa shape index (κ1) is 89.7. The van der Waals surface area contributed by atoms with Crippen LogP contribution in [0.5, 0.6) is 0 Å². The van der Waals surface area contributed by atoms with Crippen molar-refractivity contribution < 1.29 is 89.4 Å². The zero-order valence-electron chi connectivity index (χ0n) is 60.7. The number of aliphatic hydroxyl groups excluding tert-OH is 11. The Morgan fingerprint density at radius 3 is 1.13 bits per heavy atom. The molecule has 0 aromatic heterocycles. The zero-order chi connectivity index (χ0) is 71.8. The molecule has 17 unspecified atom stereocenters. The molecule has 0 spiro atoms. The number of aliphatic hydroxyl groups is 11.